The average molecular weight is 166 g/mol. The van der Waals surface area contributed by atoms with Crippen molar-refractivity contribution >= 4 is 0 Å². The van der Waals surface area contributed by atoms with E-state index in [9.17, 15) is 0 Å². The minimum Gasteiger partial charge on any atom is -0.315 e. The molecule has 0 saturated heterocycles. The van der Waals surface area contributed by atoms with Crippen LogP contribution in [0.15, 0.2) is 12.7 Å². The van der Waals surface area contributed by atoms with Gasteiger partial charge in [-0.2, -0.15) is 5.10 Å². The van der Waals surface area contributed by atoms with Crippen molar-refractivity contribution in [3.05, 3.63) is 12.7 Å². The summed E-state index contributed by atoms with van der Waals surface area (Å²) in [5.41, 5.74) is 0. The molecule has 0 unspecified atom stereocenters. The number of rotatable bonds is 5. The predicted molar refractivity (Wildman–Crippen MR) is 45.6 cm³/mol. The highest BCUT2D eigenvalue weighted by molar-refractivity contribution is 4.75. The molecule has 0 aromatic carbocycles. The summed E-state index contributed by atoms with van der Waals surface area (Å²) in [7, 11) is 0. The lowest BCUT2D eigenvalue weighted by Crippen LogP contribution is -2.22. The first-order valence-corrected chi connectivity index (χ1v) is 4.48. The van der Waals surface area contributed by atoms with Crippen molar-refractivity contribution in [1.29, 1.82) is 0 Å². The van der Waals surface area contributed by atoms with Crippen molar-refractivity contribution in [1.82, 2.24) is 20.1 Å². The smallest absolute Gasteiger partial charge is 0.137 e. The molecule has 0 bridgehead atoms. The van der Waals surface area contributed by atoms with Crippen LogP contribution in [-0.2, 0) is 6.54 Å². The average Bonchev–Trinajstić information content (AvgIpc) is 2.76. The van der Waals surface area contributed by atoms with E-state index in [-0.39, 0.29) is 0 Å². The molecule has 4 heteroatoms. The van der Waals surface area contributed by atoms with Gasteiger partial charge in [-0.1, -0.05) is 0 Å². The SMILES string of the molecule is c1ncn(CCNCC2CC2)n1. The molecule has 2 rings (SSSR count). The molecule has 1 aromatic rings. The lowest BCUT2D eigenvalue weighted by atomic mass is 10.4. The van der Waals surface area contributed by atoms with Gasteiger partial charge >= 0.3 is 0 Å². The monoisotopic (exact) mass is 166 g/mol. The molecule has 0 amide bonds. The summed E-state index contributed by atoms with van der Waals surface area (Å²) in [4.78, 5) is 3.87. The van der Waals surface area contributed by atoms with Crippen molar-refractivity contribution in [3.63, 3.8) is 0 Å². The maximum atomic E-state index is 4.01. The first-order valence-electron chi connectivity index (χ1n) is 4.48. The second-order valence-corrected chi connectivity index (χ2v) is 3.31. The van der Waals surface area contributed by atoms with Gasteiger partial charge in [0.05, 0.1) is 6.54 Å². The maximum absolute atomic E-state index is 4.01. The minimum atomic E-state index is 0.923. The second kappa shape index (κ2) is 3.67. The lowest BCUT2D eigenvalue weighted by molar-refractivity contribution is 0.541. The molecule has 1 aromatic heterocycles. The van der Waals surface area contributed by atoms with E-state index in [0.717, 1.165) is 19.0 Å². The van der Waals surface area contributed by atoms with Crippen LogP contribution < -0.4 is 5.32 Å². The van der Waals surface area contributed by atoms with Crippen molar-refractivity contribution < 1.29 is 0 Å². The summed E-state index contributed by atoms with van der Waals surface area (Å²) in [6.07, 6.45) is 6.15. The molecule has 1 N–H and O–H groups in total. The highest BCUT2D eigenvalue weighted by atomic mass is 15.3. The molecule has 66 valence electrons. The highest BCUT2D eigenvalue weighted by Crippen LogP contribution is 2.27. The van der Waals surface area contributed by atoms with E-state index in [1.165, 1.54) is 19.4 Å². The normalized spacial score (nSPS) is 16.7. The van der Waals surface area contributed by atoms with Gasteiger partial charge in [-0.3, -0.25) is 4.68 Å². The van der Waals surface area contributed by atoms with Crippen molar-refractivity contribution in [2.24, 2.45) is 5.92 Å². The molecule has 0 aliphatic heterocycles. The molecule has 1 heterocycles. The van der Waals surface area contributed by atoms with Gasteiger partial charge in [-0.05, 0) is 25.3 Å². The van der Waals surface area contributed by atoms with E-state index < -0.39 is 0 Å². The fourth-order valence-corrected chi connectivity index (χ4v) is 1.17. The highest BCUT2D eigenvalue weighted by Gasteiger charge is 2.19. The van der Waals surface area contributed by atoms with Gasteiger partial charge in [0.15, 0.2) is 0 Å². The molecule has 0 atom stereocenters. The van der Waals surface area contributed by atoms with Gasteiger partial charge in [-0.15, -0.1) is 0 Å². The van der Waals surface area contributed by atoms with Gasteiger partial charge in [0.2, 0.25) is 0 Å². The largest absolute Gasteiger partial charge is 0.315 e. The zero-order valence-corrected chi connectivity index (χ0v) is 7.11. The lowest BCUT2D eigenvalue weighted by Gasteiger charge is -2.02. The van der Waals surface area contributed by atoms with Crippen LogP contribution in [0.4, 0.5) is 0 Å². The zero-order chi connectivity index (χ0) is 8.23. The van der Waals surface area contributed by atoms with Crippen LogP contribution >= 0.6 is 0 Å². The van der Waals surface area contributed by atoms with Gasteiger partial charge < -0.3 is 5.32 Å². The Kier molecular flexibility index (Phi) is 2.36. The van der Waals surface area contributed by atoms with Gasteiger partial charge in [0.1, 0.15) is 12.7 Å². The van der Waals surface area contributed by atoms with Crippen LogP contribution in [0.2, 0.25) is 0 Å². The third-order valence-electron chi connectivity index (χ3n) is 2.11. The summed E-state index contributed by atoms with van der Waals surface area (Å²) >= 11 is 0. The van der Waals surface area contributed by atoms with E-state index in [4.69, 9.17) is 0 Å². The van der Waals surface area contributed by atoms with E-state index in [1.807, 2.05) is 4.68 Å². The van der Waals surface area contributed by atoms with Crippen LogP contribution in [0, 0.1) is 5.92 Å². The number of hydrogen-bond donors (Lipinski definition) is 1. The molecule has 0 radical (unpaired) electrons. The summed E-state index contributed by atoms with van der Waals surface area (Å²) < 4.78 is 1.85. The van der Waals surface area contributed by atoms with E-state index >= 15 is 0 Å². The quantitative estimate of drug-likeness (QED) is 0.639. The Hall–Kier alpha value is -0.900. The third-order valence-corrected chi connectivity index (χ3v) is 2.11. The molecule has 4 nitrogen and oxygen atoms in total. The fraction of sp³-hybridized carbons (Fsp3) is 0.750. The molecule has 1 fully saturated rings. The summed E-state index contributed by atoms with van der Waals surface area (Å²) in [6, 6.07) is 0. The Balaban J connectivity index is 1.56. The summed E-state index contributed by atoms with van der Waals surface area (Å²) in [6.45, 7) is 3.10. The zero-order valence-electron chi connectivity index (χ0n) is 7.11. The van der Waals surface area contributed by atoms with Crippen molar-refractivity contribution in [3.8, 4) is 0 Å². The maximum Gasteiger partial charge on any atom is 0.137 e. The minimum absolute atomic E-state index is 0.923. The molecular weight excluding hydrogens is 152 g/mol. The predicted octanol–water partition coefficient (Wildman–Crippen LogP) is 0.278. The molecular formula is C8H14N4. The topological polar surface area (TPSA) is 42.7 Å². The van der Waals surface area contributed by atoms with Gasteiger partial charge in [-0.25, -0.2) is 4.98 Å². The standard InChI is InChI=1S/C8H14N4/c1-2-8(1)5-9-3-4-12-7-10-6-11-12/h6-9H,1-5H2. The molecule has 1 aliphatic rings. The number of aromatic nitrogens is 3. The number of nitrogens with zero attached hydrogens (tertiary/aromatic N) is 3. The van der Waals surface area contributed by atoms with Crippen LogP contribution in [0.25, 0.3) is 0 Å². The first kappa shape index (κ1) is 7.73. The van der Waals surface area contributed by atoms with E-state index in [1.54, 1.807) is 12.7 Å². The van der Waals surface area contributed by atoms with Gasteiger partial charge in [0, 0.05) is 6.54 Å². The molecule has 1 aliphatic carbocycles. The van der Waals surface area contributed by atoms with Gasteiger partial charge in [0.25, 0.3) is 0 Å². The second-order valence-electron chi connectivity index (χ2n) is 3.31. The fourth-order valence-electron chi connectivity index (χ4n) is 1.17. The Bertz CT molecular complexity index is 215. The van der Waals surface area contributed by atoms with Crippen molar-refractivity contribution in [2.45, 2.75) is 19.4 Å². The Morgan fingerprint density at radius 2 is 2.42 bits per heavy atom. The first-order chi connectivity index (χ1) is 5.95. The van der Waals surface area contributed by atoms with Crippen LogP contribution in [-0.4, -0.2) is 27.9 Å². The Labute approximate surface area is 72.0 Å². The van der Waals surface area contributed by atoms with E-state index in [2.05, 4.69) is 15.4 Å². The Morgan fingerprint density at radius 3 is 3.08 bits per heavy atom. The third kappa shape index (κ3) is 2.30. The van der Waals surface area contributed by atoms with Crippen LogP contribution in [0.3, 0.4) is 0 Å². The molecule has 12 heavy (non-hydrogen) atoms. The summed E-state index contributed by atoms with van der Waals surface area (Å²) in [5.74, 6) is 0.959. The summed E-state index contributed by atoms with van der Waals surface area (Å²) in [5, 5.41) is 7.41. The van der Waals surface area contributed by atoms with Crippen LogP contribution in [0.5, 0.6) is 0 Å². The number of nitrogens with one attached hydrogen (secondary N) is 1. The molecule has 1 saturated carbocycles. The molecule has 0 spiro atoms. The van der Waals surface area contributed by atoms with Crippen molar-refractivity contribution in [2.75, 3.05) is 13.1 Å². The van der Waals surface area contributed by atoms with E-state index in [0.29, 0.717) is 0 Å². The Morgan fingerprint density at radius 1 is 1.50 bits per heavy atom. The number of hydrogen-bond acceptors (Lipinski definition) is 3. The van der Waals surface area contributed by atoms with Crippen LogP contribution in [0.1, 0.15) is 12.8 Å².